The number of nitrogens with zero attached hydrogens (tertiary/aromatic N) is 2. The predicted molar refractivity (Wildman–Crippen MR) is 134 cm³/mol. The minimum Gasteiger partial charge on any atom is -0.493 e. The van der Waals surface area contributed by atoms with Crippen molar-refractivity contribution in [3.05, 3.63) is 29.8 Å². The minimum absolute atomic E-state index is 0.0426. The van der Waals surface area contributed by atoms with Gasteiger partial charge in [-0.15, -0.1) is 0 Å². The summed E-state index contributed by atoms with van der Waals surface area (Å²) in [6, 6.07) is 7.82. The number of aliphatic hydroxyl groups is 1. The summed E-state index contributed by atoms with van der Waals surface area (Å²) in [5, 5.41) is 13.8. The van der Waals surface area contributed by atoms with Crippen molar-refractivity contribution in [1.82, 2.24) is 15.1 Å². The molecule has 2 N–H and O–H groups in total. The first-order chi connectivity index (χ1) is 16.8. The molecule has 5 fully saturated rings. The topological polar surface area (TPSA) is 82.1 Å². The fourth-order valence-corrected chi connectivity index (χ4v) is 7.48. The zero-order valence-corrected chi connectivity index (χ0v) is 21.2. The summed E-state index contributed by atoms with van der Waals surface area (Å²) in [5.41, 5.74) is 0.215. The number of ether oxygens (including phenoxy) is 1. The molecule has 1 aliphatic heterocycles. The molecule has 2 unspecified atom stereocenters. The number of amides is 3. The Balaban J connectivity index is 1.10. The first-order valence-corrected chi connectivity index (χ1v) is 13.6. The van der Waals surface area contributed by atoms with Crippen LogP contribution in [0.25, 0.3) is 0 Å². The van der Waals surface area contributed by atoms with E-state index in [2.05, 4.69) is 12.2 Å². The van der Waals surface area contributed by atoms with Crippen molar-refractivity contribution in [2.45, 2.75) is 69.9 Å². The van der Waals surface area contributed by atoms with Gasteiger partial charge >= 0.3 is 6.03 Å². The average molecular weight is 484 g/mol. The number of piperidine rings is 1. The highest BCUT2D eigenvalue weighted by molar-refractivity contribution is 5.94. The van der Waals surface area contributed by atoms with E-state index < -0.39 is 5.60 Å². The molecule has 1 aromatic rings. The van der Waals surface area contributed by atoms with Crippen molar-refractivity contribution >= 4 is 11.9 Å². The molecule has 6 rings (SSSR count). The van der Waals surface area contributed by atoms with Crippen molar-refractivity contribution in [2.24, 2.45) is 23.7 Å². The maximum absolute atomic E-state index is 13.3. The second kappa shape index (κ2) is 10.00. The summed E-state index contributed by atoms with van der Waals surface area (Å²) in [4.78, 5) is 29.3. The molecule has 2 atom stereocenters. The van der Waals surface area contributed by atoms with Gasteiger partial charge in [0.2, 0.25) is 0 Å². The monoisotopic (exact) mass is 483 g/mol. The van der Waals surface area contributed by atoms with Crippen LogP contribution in [-0.4, -0.2) is 71.8 Å². The zero-order chi connectivity index (χ0) is 24.6. The van der Waals surface area contributed by atoms with Crippen molar-refractivity contribution in [3.63, 3.8) is 0 Å². The van der Waals surface area contributed by atoms with Gasteiger partial charge in [-0.05, 0) is 99.3 Å². The molecule has 0 aromatic heterocycles. The van der Waals surface area contributed by atoms with Gasteiger partial charge in [0.05, 0.1) is 12.2 Å². The van der Waals surface area contributed by atoms with E-state index in [1.807, 2.05) is 41.1 Å². The summed E-state index contributed by atoms with van der Waals surface area (Å²) >= 11 is 0. The normalized spacial score (nSPS) is 31.9. The molecule has 1 aromatic carbocycles. The Morgan fingerprint density at radius 1 is 1.11 bits per heavy atom. The predicted octanol–water partition coefficient (Wildman–Crippen LogP) is 3.91. The third-order valence-electron chi connectivity index (χ3n) is 8.97. The number of hydrogen-bond acceptors (Lipinski definition) is 4. The van der Waals surface area contributed by atoms with Gasteiger partial charge in [0.15, 0.2) is 0 Å². The van der Waals surface area contributed by atoms with E-state index in [1.165, 1.54) is 0 Å². The van der Waals surface area contributed by atoms with Crippen molar-refractivity contribution in [1.29, 1.82) is 0 Å². The largest absolute Gasteiger partial charge is 0.493 e. The van der Waals surface area contributed by atoms with Gasteiger partial charge in [-0.3, -0.25) is 4.79 Å². The highest BCUT2D eigenvalue weighted by Gasteiger charge is 2.56. The lowest BCUT2D eigenvalue weighted by Crippen LogP contribution is -2.61. The van der Waals surface area contributed by atoms with Crippen LogP contribution < -0.4 is 10.1 Å². The van der Waals surface area contributed by atoms with E-state index in [0.29, 0.717) is 35.8 Å². The van der Waals surface area contributed by atoms with Crippen LogP contribution in [0.15, 0.2) is 24.3 Å². The molecule has 4 aliphatic carbocycles. The standard InChI is InChI=1S/C28H41N3O4/c1-3-10-29-27(33)31-11-8-19(9-12-31)18-35-24-6-4-21(5-7-24)26(32)30(2)25-22-13-20-14-23(25)17-28(34,15-20)16-22/h4-7,19-20,22-23,25,34H,3,8-18H2,1-2H3,(H,29,33). The molecule has 7 nitrogen and oxygen atoms in total. The van der Waals surface area contributed by atoms with Gasteiger partial charge in [0, 0.05) is 38.3 Å². The van der Waals surface area contributed by atoms with Crippen LogP contribution in [0.3, 0.4) is 0 Å². The molecule has 1 heterocycles. The molecule has 1 saturated heterocycles. The second-order valence-corrected chi connectivity index (χ2v) is 11.6. The summed E-state index contributed by atoms with van der Waals surface area (Å²) in [5.74, 6) is 2.77. The molecule has 4 saturated carbocycles. The third-order valence-corrected chi connectivity index (χ3v) is 8.97. The SMILES string of the molecule is CCCNC(=O)N1CCC(COc2ccc(C(=O)N(C)C3C4CC5CC3CC(O)(C5)C4)cc2)CC1. The molecule has 0 spiro atoms. The summed E-state index contributed by atoms with van der Waals surface area (Å²) in [6.07, 6.45) is 7.78. The molecular formula is C28H41N3O4. The summed E-state index contributed by atoms with van der Waals surface area (Å²) < 4.78 is 6.03. The minimum atomic E-state index is -0.478. The average Bonchev–Trinajstić information content (AvgIpc) is 2.85. The van der Waals surface area contributed by atoms with Crippen LogP contribution >= 0.6 is 0 Å². The Morgan fingerprint density at radius 3 is 2.37 bits per heavy atom. The Hall–Kier alpha value is -2.28. The summed E-state index contributed by atoms with van der Waals surface area (Å²) in [7, 11) is 1.94. The van der Waals surface area contributed by atoms with Crippen LogP contribution in [0.2, 0.25) is 0 Å². The van der Waals surface area contributed by atoms with Crippen molar-refractivity contribution in [2.75, 3.05) is 33.3 Å². The zero-order valence-electron chi connectivity index (χ0n) is 21.2. The number of likely N-dealkylation sites (tertiary alicyclic amines) is 1. The molecule has 35 heavy (non-hydrogen) atoms. The smallest absolute Gasteiger partial charge is 0.317 e. The van der Waals surface area contributed by atoms with E-state index in [9.17, 15) is 14.7 Å². The third kappa shape index (κ3) is 5.16. The number of urea groups is 1. The van der Waals surface area contributed by atoms with E-state index in [-0.39, 0.29) is 18.0 Å². The number of benzene rings is 1. The van der Waals surface area contributed by atoms with Crippen molar-refractivity contribution in [3.8, 4) is 5.75 Å². The lowest BCUT2D eigenvalue weighted by atomic mass is 9.52. The number of rotatable bonds is 7. The lowest BCUT2D eigenvalue weighted by Gasteiger charge is -2.59. The molecule has 4 bridgehead atoms. The molecule has 5 aliphatic rings. The maximum atomic E-state index is 13.3. The van der Waals surface area contributed by atoms with Crippen LogP contribution in [0.1, 0.15) is 68.6 Å². The van der Waals surface area contributed by atoms with E-state index in [4.69, 9.17) is 4.74 Å². The van der Waals surface area contributed by atoms with E-state index in [1.54, 1.807) is 0 Å². The van der Waals surface area contributed by atoms with Crippen molar-refractivity contribution < 1.29 is 19.4 Å². The van der Waals surface area contributed by atoms with Crippen LogP contribution in [0.4, 0.5) is 4.79 Å². The maximum Gasteiger partial charge on any atom is 0.317 e. The first kappa shape index (κ1) is 24.4. The van der Waals surface area contributed by atoms with Gasteiger partial charge in [0.25, 0.3) is 5.91 Å². The Kier molecular flexibility index (Phi) is 6.97. The molecule has 3 amide bonds. The number of carbonyl (C=O) groups is 2. The lowest BCUT2D eigenvalue weighted by molar-refractivity contribution is -0.152. The van der Waals surface area contributed by atoms with E-state index in [0.717, 1.165) is 76.8 Å². The highest BCUT2D eigenvalue weighted by atomic mass is 16.5. The first-order valence-electron chi connectivity index (χ1n) is 13.6. The fraction of sp³-hybridized carbons (Fsp3) is 0.714. The molecule has 192 valence electrons. The molecule has 7 heteroatoms. The Bertz CT molecular complexity index is 895. The highest BCUT2D eigenvalue weighted by Crippen LogP contribution is 2.56. The van der Waals surface area contributed by atoms with Gasteiger partial charge in [-0.25, -0.2) is 4.79 Å². The second-order valence-electron chi connectivity index (χ2n) is 11.6. The van der Waals surface area contributed by atoms with Gasteiger partial charge < -0.3 is 25.0 Å². The quantitative estimate of drug-likeness (QED) is 0.616. The van der Waals surface area contributed by atoms with Gasteiger partial charge in [-0.1, -0.05) is 6.92 Å². The van der Waals surface area contributed by atoms with Gasteiger partial charge in [-0.2, -0.15) is 0 Å². The fourth-order valence-electron chi connectivity index (χ4n) is 7.48. The number of carbonyl (C=O) groups excluding carboxylic acids is 2. The van der Waals surface area contributed by atoms with Crippen LogP contribution in [-0.2, 0) is 0 Å². The Morgan fingerprint density at radius 2 is 1.77 bits per heavy atom. The summed E-state index contributed by atoms with van der Waals surface area (Å²) in [6.45, 7) is 4.95. The molecule has 0 radical (unpaired) electrons. The number of nitrogens with one attached hydrogen (secondary N) is 1. The van der Waals surface area contributed by atoms with Crippen LogP contribution in [0.5, 0.6) is 5.75 Å². The van der Waals surface area contributed by atoms with E-state index >= 15 is 0 Å². The Labute approximate surface area is 209 Å². The number of hydrogen-bond donors (Lipinski definition) is 2. The van der Waals surface area contributed by atoms with Gasteiger partial charge in [0.1, 0.15) is 5.75 Å². The molecular weight excluding hydrogens is 442 g/mol. The van der Waals surface area contributed by atoms with Crippen LogP contribution in [0, 0.1) is 23.7 Å².